The Morgan fingerprint density at radius 3 is 1.90 bits per heavy atom. The molecule has 1 N–H and O–H groups in total. The maximum Gasteiger partial charge on any atom is 0.122 e. The molecule has 0 saturated heterocycles. The molecule has 2 rings (SSSR count). The van der Waals surface area contributed by atoms with Crippen LogP contribution in [0.2, 0.25) is 0 Å². The number of hydrogen-bond donors (Lipinski definition) is 1. The van der Waals surface area contributed by atoms with Gasteiger partial charge in [-0.15, -0.1) is 0 Å². The minimum Gasteiger partial charge on any atom is -0.497 e. The Morgan fingerprint density at radius 1 is 0.905 bits per heavy atom. The number of ether oxygens (including phenoxy) is 2. The molecular weight excluding hydrogens is 264 g/mol. The van der Waals surface area contributed by atoms with Gasteiger partial charge in [-0.25, -0.2) is 0 Å². The molecule has 0 aliphatic heterocycles. The smallest absolute Gasteiger partial charge is 0.122 e. The fourth-order valence-corrected chi connectivity index (χ4v) is 2.27. The highest BCUT2D eigenvalue weighted by Crippen LogP contribution is 2.28. The molecule has 112 valence electrons. The lowest BCUT2D eigenvalue weighted by molar-refractivity contribution is 0.177. The monoisotopic (exact) mass is 286 g/mol. The third-order valence-corrected chi connectivity index (χ3v) is 3.62. The van der Waals surface area contributed by atoms with Crippen molar-refractivity contribution in [3.8, 4) is 11.5 Å². The molecule has 0 heterocycles. The second-order valence-corrected chi connectivity index (χ2v) is 5.04. The first-order valence-corrected chi connectivity index (χ1v) is 7.15. The normalized spacial score (nSPS) is 12.0. The van der Waals surface area contributed by atoms with E-state index in [1.54, 1.807) is 20.3 Å². The predicted molar refractivity (Wildman–Crippen MR) is 84.0 cm³/mol. The number of aliphatic hydroxyl groups excluding tert-OH is 1. The molecule has 0 aromatic heterocycles. The van der Waals surface area contributed by atoms with Crippen molar-refractivity contribution in [1.82, 2.24) is 0 Å². The van der Waals surface area contributed by atoms with Crippen molar-refractivity contribution in [1.29, 1.82) is 0 Å². The summed E-state index contributed by atoms with van der Waals surface area (Å²) >= 11 is 0. The molecule has 0 aliphatic rings. The Balaban J connectivity index is 2.16. The molecular formula is C18H22O3. The van der Waals surface area contributed by atoms with E-state index in [9.17, 15) is 5.11 Å². The van der Waals surface area contributed by atoms with Crippen molar-refractivity contribution in [2.75, 3.05) is 14.2 Å². The number of benzene rings is 2. The molecule has 3 heteroatoms. The van der Waals surface area contributed by atoms with Crippen LogP contribution in [0.3, 0.4) is 0 Å². The van der Waals surface area contributed by atoms with E-state index in [1.165, 1.54) is 5.56 Å². The average Bonchev–Trinajstić information content (AvgIpc) is 2.54. The third kappa shape index (κ3) is 3.99. The Labute approximate surface area is 126 Å². The molecule has 0 bridgehead atoms. The molecule has 0 amide bonds. The topological polar surface area (TPSA) is 38.7 Å². The highest BCUT2D eigenvalue weighted by Gasteiger charge is 2.12. The second kappa shape index (κ2) is 7.14. The van der Waals surface area contributed by atoms with E-state index in [-0.39, 0.29) is 0 Å². The molecule has 2 aromatic carbocycles. The number of rotatable bonds is 6. The van der Waals surface area contributed by atoms with Crippen LogP contribution >= 0.6 is 0 Å². The Hall–Kier alpha value is -2.00. The molecule has 0 aliphatic carbocycles. The van der Waals surface area contributed by atoms with Gasteiger partial charge >= 0.3 is 0 Å². The van der Waals surface area contributed by atoms with Crippen molar-refractivity contribution in [2.24, 2.45) is 0 Å². The molecule has 0 saturated carbocycles. The van der Waals surface area contributed by atoms with Gasteiger partial charge in [0.2, 0.25) is 0 Å². The lowest BCUT2D eigenvalue weighted by atomic mass is 9.99. The largest absolute Gasteiger partial charge is 0.497 e. The van der Waals surface area contributed by atoms with Gasteiger partial charge in [-0.05, 0) is 35.2 Å². The van der Waals surface area contributed by atoms with Crippen molar-refractivity contribution in [3.63, 3.8) is 0 Å². The fourth-order valence-electron chi connectivity index (χ4n) is 2.27. The minimum absolute atomic E-state index is 0.570. The maximum absolute atomic E-state index is 10.4. The van der Waals surface area contributed by atoms with Crippen LogP contribution in [0, 0.1) is 0 Å². The zero-order chi connectivity index (χ0) is 15.2. The molecule has 3 nitrogen and oxygen atoms in total. The van der Waals surface area contributed by atoms with Gasteiger partial charge in [0.25, 0.3) is 0 Å². The first-order valence-electron chi connectivity index (χ1n) is 7.15. The predicted octanol–water partition coefficient (Wildman–Crippen LogP) is 3.54. The summed E-state index contributed by atoms with van der Waals surface area (Å²) in [4.78, 5) is 0. The molecule has 2 aromatic rings. The minimum atomic E-state index is -0.582. The van der Waals surface area contributed by atoms with Gasteiger partial charge in [0.15, 0.2) is 0 Å². The van der Waals surface area contributed by atoms with Gasteiger partial charge in [-0.2, -0.15) is 0 Å². The number of methoxy groups -OCH3 is 2. The van der Waals surface area contributed by atoms with Gasteiger partial charge in [-0.3, -0.25) is 0 Å². The van der Waals surface area contributed by atoms with Crippen molar-refractivity contribution >= 4 is 0 Å². The summed E-state index contributed by atoms with van der Waals surface area (Å²) in [5, 5.41) is 10.4. The van der Waals surface area contributed by atoms with Gasteiger partial charge in [0.1, 0.15) is 11.5 Å². The highest BCUT2D eigenvalue weighted by molar-refractivity contribution is 5.40. The highest BCUT2D eigenvalue weighted by atomic mass is 16.5. The van der Waals surface area contributed by atoms with Crippen LogP contribution in [-0.2, 0) is 12.8 Å². The summed E-state index contributed by atoms with van der Waals surface area (Å²) in [5.41, 5.74) is 3.21. The number of aliphatic hydroxyl groups is 1. The van der Waals surface area contributed by atoms with Crippen LogP contribution in [0.25, 0.3) is 0 Å². The molecule has 1 unspecified atom stereocenters. The van der Waals surface area contributed by atoms with Gasteiger partial charge in [0.05, 0.1) is 20.3 Å². The van der Waals surface area contributed by atoms with E-state index in [2.05, 4.69) is 31.2 Å². The maximum atomic E-state index is 10.4. The Morgan fingerprint density at radius 2 is 1.43 bits per heavy atom. The van der Waals surface area contributed by atoms with E-state index in [0.29, 0.717) is 17.9 Å². The molecule has 0 radical (unpaired) electrons. The van der Waals surface area contributed by atoms with Crippen LogP contribution < -0.4 is 9.47 Å². The number of hydrogen-bond acceptors (Lipinski definition) is 3. The standard InChI is InChI=1S/C18H22O3/c1-4-13-5-7-14(8-6-13)9-18(19)15-10-16(20-2)12-17(11-15)21-3/h5-8,10-12,18-19H,4,9H2,1-3H3. The Bertz CT molecular complexity index is 553. The average molecular weight is 286 g/mol. The first kappa shape index (κ1) is 15.4. The van der Waals surface area contributed by atoms with E-state index in [0.717, 1.165) is 17.5 Å². The third-order valence-electron chi connectivity index (χ3n) is 3.62. The van der Waals surface area contributed by atoms with E-state index >= 15 is 0 Å². The van der Waals surface area contributed by atoms with Gasteiger partial charge in [-0.1, -0.05) is 31.2 Å². The molecule has 1 atom stereocenters. The van der Waals surface area contributed by atoms with Crippen LogP contribution in [0.4, 0.5) is 0 Å². The van der Waals surface area contributed by atoms with E-state index in [1.807, 2.05) is 12.1 Å². The van der Waals surface area contributed by atoms with Crippen LogP contribution in [-0.4, -0.2) is 19.3 Å². The van der Waals surface area contributed by atoms with E-state index in [4.69, 9.17) is 9.47 Å². The number of aryl methyl sites for hydroxylation is 1. The summed E-state index contributed by atoms with van der Waals surface area (Å²) in [6, 6.07) is 13.8. The first-order chi connectivity index (χ1) is 10.2. The molecule has 21 heavy (non-hydrogen) atoms. The summed E-state index contributed by atoms with van der Waals surface area (Å²) in [6.07, 6.45) is 1.01. The van der Waals surface area contributed by atoms with Crippen molar-refractivity contribution < 1.29 is 14.6 Å². The SMILES string of the molecule is CCc1ccc(CC(O)c2cc(OC)cc(OC)c2)cc1. The molecule has 0 spiro atoms. The summed E-state index contributed by atoms with van der Waals surface area (Å²) in [5.74, 6) is 1.37. The van der Waals surface area contributed by atoms with Gasteiger partial charge in [0, 0.05) is 12.5 Å². The second-order valence-electron chi connectivity index (χ2n) is 5.04. The van der Waals surface area contributed by atoms with E-state index < -0.39 is 6.10 Å². The van der Waals surface area contributed by atoms with Crippen LogP contribution in [0.15, 0.2) is 42.5 Å². The lowest BCUT2D eigenvalue weighted by Gasteiger charge is -2.14. The van der Waals surface area contributed by atoms with Crippen molar-refractivity contribution in [3.05, 3.63) is 59.2 Å². The van der Waals surface area contributed by atoms with Crippen molar-refractivity contribution in [2.45, 2.75) is 25.9 Å². The summed E-state index contributed by atoms with van der Waals surface area (Å²) in [7, 11) is 3.21. The zero-order valence-electron chi connectivity index (χ0n) is 12.8. The summed E-state index contributed by atoms with van der Waals surface area (Å²) in [6.45, 7) is 2.13. The molecule has 0 fully saturated rings. The van der Waals surface area contributed by atoms with Crippen LogP contribution in [0.1, 0.15) is 29.7 Å². The fraction of sp³-hybridized carbons (Fsp3) is 0.333. The lowest BCUT2D eigenvalue weighted by Crippen LogP contribution is -2.03. The van der Waals surface area contributed by atoms with Gasteiger partial charge < -0.3 is 14.6 Å². The Kier molecular flexibility index (Phi) is 5.23. The zero-order valence-corrected chi connectivity index (χ0v) is 12.8. The van der Waals surface area contributed by atoms with Crippen LogP contribution in [0.5, 0.6) is 11.5 Å². The summed E-state index contributed by atoms with van der Waals surface area (Å²) < 4.78 is 10.5. The quantitative estimate of drug-likeness (QED) is 0.882.